The van der Waals surface area contributed by atoms with Gasteiger partial charge in [-0.2, -0.15) is 0 Å². The smallest absolute Gasteiger partial charge is 0.227 e. The van der Waals surface area contributed by atoms with Gasteiger partial charge in [0, 0.05) is 30.0 Å². The largest absolute Gasteiger partial charge is 0.328 e. The lowest BCUT2D eigenvalue weighted by Gasteiger charge is -2.12. The molecular formula is C15H19Cl2FN4O. The van der Waals surface area contributed by atoms with E-state index in [0.717, 1.165) is 12.8 Å². The Hall–Kier alpha value is -1.63. The fourth-order valence-electron chi connectivity index (χ4n) is 2.69. The van der Waals surface area contributed by atoms with Gasteiger partial charge in [0.25, 0.3) is 0 Å². The van der Waals surface area contributed by atoms with E-state index < -0.39 is 5.82 Å². The van der Waals surface area contributed by atoms with Crippen LogP contribution in [0.2, 0.25) is 0 Å². The highest BCUT2D eigenvalue weighted by Gasteiger charge is 2.27. The Kier molecular flexibility index (Phi) is 7.00. The van der Waals surface area contributed by atoms with Crippen LogP contribution in [0.3, 0.4) is 0 Å². The molecule has 1 heterocycles. The van der Waals surface area contributed by atoms with Crippen molar-refractivity contribution in [1.29, 1.82) is 0 Å². The summed E-state index contributed by atoms with van der Waals surface area (Å²) < 4.78 is 15.7. The van der Waals surface area contributed by atoms with E-state index in [1.165, 1.54) is 12.4 Å². The van der Waals surface area contributed by atoms with Gasteiger partial charge in [-0.3, -0.25) is 4.79 Å². The van der Waals surface area contributed by atoms with Gasteiger partial charge in [-0.1, -0.05) is 0 Å². The number of amides is 1. The molecule has 1 fully saturated rings. The average Bonchev–Trinajstić information content (AvgIpc) is 3.10. The number of anilines is 1. The van der Waals surface area contributed by atoms with Crippen molar-refractivity contribution in [2.45, 2.75) is 25.3 Å². The zero-order valence-corrected chi connectivity index (χ0v) is 13.9. The van der Waals surface area contributed by atoms with Gasteiger partial charge in [0.15, 0.2) is 0 Å². The van der Waals surface area contributed by atoms with Crippen LogP contribution in [-0.4, -0.2) is 21.5 Å². The quantitative estimate of drug-likeness (QED) is 0.883. The molecule has 3 rings (SSSR count). The number of nitrogens with two attached hydrogens (primary N) is 1. The molecule has 0 saturated heterocycles. The van der Waals surface area contributed by atoms with Crippen molar-refractivity contribution in [1.82, 2.24) is 9.55 Å². The van der Waals surface area contributed by atoms with Gasteiger partial charge in [0.05, 0.1) is 12.0 Å². The van der Waals surface area contributed by atoms with Gasteiger partial charge in [-0.15, -0.1) is 24.8 Å². The summed E-state index contributed by atoms with van der Waals surface area (Å²) in [6.45, 7) is 0. The van der Waals surface area contributed by atoms with Crippen LogP contribution in [0.4, 0.5) is 10.1 Å². The minimum Gasteiger partial charge on any atom is -0.328 e. The molecule has 1 saturated carbocycles. The first kappa shape index (κ1) is 19.4. The Bertz CT molecular complexity index is 651. The van der Waals surface area contributed by atoms with E-state index in [9.17, 15) is 9.18 Å². The number of nitrogens with one attached hydrogen (secondary N) is 1. The lowest BCUT2D eigenvalue weighted by Crippen LogP contribution is -2.23. The Labute approximate surface area is 146 Å². The predicted octanol–water partition coefficient (Wildman–Crippen LogP) is 2.92. The second-order valence-electron chi connectivity index (χ2n) is 5.40. The number of carbonyl (C=O) groups excluding carboxylic acids is 1. The SMILES string of the molecule is Cl.Cl.NC1CCC(C(=O)Nc2ccc(-n3ccnc3)c(F)c2)C1. The minimum absolute atomic E-state index is 0. The first-order valence-electron chi connectivity index (χ1n) is 6.98. The molecule has 2 aromatic rings. The lowest BCUT2D eigenvalue weighted by atomic mass is 10.1. The monoisotopic (exact) mass is 360 g/mol. The summed E-state index contributed by atoms with van der Waals surface area (Å²) in [6, 6.07) is 4.72. The van der Waals surface area contributed by atoms with Crippen molar-refractivity contribution in [2.24, 2.45) is 11.7 Å². The van der Waals surface area contributed by atoms with Crippen molar-refractivity contribution in [3.05, 3.63) is 42.7 Å². The third-order valence-corrected chi connectivity index (χ3v) is 3.84. The normalized spacial score (nSPS) is 19.6. The van der Waals surface area contributed by atoms with Crippen LogP contribution in [-0.2, 0) is 4.79 Å². The first-order chi connectivity index (χ1) is 10.1. The number of rotatable bonds is 3. The summed E-state index contributed by atoms with van der Waals surface area (Å²) in [5.41, 5.74) is 6.66. The average molecular weight is 361 g/mol. The van der Waals surface area contributed by atoms with Crippen LogP contribution in [0.5, 0.6) is 0 Å². The summed E-state index contributed by atoms with van der Waals surface area (Å²) >= 11 is 0. The highest BCUT2D eigenvalue weighted by atomic mass is 35.5. The van der Waals surface area contributed by atoms with E-state index in [-0.39, 0.29) is 42.7 Å². The van der Waals surface area contributed by atoms with Crippen LogP contribution in [0.15, 0.2) is 36.9 Å². The Morgan fingerprint density at radius 1 is 1.35 bits per heavy atom. The molecule has 2 atom stereocenters. The van der Waals surface area contributed by atoms with E-state index in [4.69, 9.17) is 5.73 Å². The molecule has 126 valence electrons. The molecule has 1 aliphatic rings. The van der Waals surface area contributed by atoms with Crippen LogP contribution in [0.25, 0.3) is 5.69 Å². The third kappa shape index (κ3) is 4.43. The maximum atomic E-state index is 14.1. The first-order valence-corrected chi connectivity index (χ1v) is 6.98. The molecule has 1 amide bonds. The van der Waals surface area contributed by atoms with Crippen molar-refractivity contribution in [3.8, 4) is 5.69 Å². The van der Waals surface area contributed by atoms with Gasteiger partial charge >= 0.3 is 0 Å². The Balaban J connectivity index is 0.00000132. The maximum Gasteiger partial charge on any atom is 0.227 e. The lowest BCUT2D eigenvalue weighted by molar-refractivity contribution is -0.119. The van der Waals surface area contributed by atoms with E-state index in [1.807, 2.05) is 0 Å². The number of carbonyl (C=O) groups is 1. The predicted molar refractivity (Wildman–Crippen MR) is 92.0 cm³/mol. The van der Waals surface area contributed by atoms with Gasteiger partial charge in [0.1, 0.15) is 5.82 Å². The van der Waals surface area contributed by atoms with Crippen molar-refractivity contribution in [2.75, 3.05) is 5.32 Å². The Morgan fingerprint density at radius 3 is 2.70 bits per heavy atom. The molecule has 0 radical (unpaired) electrons. The number of halogens is 3. The fourth-order valence-corrected chi connectivity index (χ4v) is 2.69. The number of hydrogen-bond acceptors (Lipinski definition) is 3. The molecule has 0 bridgehead atoms. The maximum absolute atomic E-state index is 14.1. The van der Waals surface area contributed by atoms with E-state index in [0.29, 0.717) is 17.8 Å². The van der Waals surface area contributed by atoms with Crippen LogP contribution in [0.1, 0.15) is 19.3 Å². The summed E-state index contributed by atoms with van der Waals surface area (Å²) in [4.78, 5) is 16.0. The summed E-state index contributed by atoms with van der Waals surface area (Å²) in [5, 5.41) is 2.76. The zero-order chi connectivity index (χ0) is 14.8. The van der Waals surface area contributed by atoms with Crippen molar-refractivity contribution in [3.63, 3.8) is 0 Å². The molecule has 1 aromatic heterocycles. The van der Waals surface area contributed by atoms with Crippen molar-refractivity contribution >= 4 is 36.4 Å². The van der Waals surface area contributed by atoms with Gasteiger partial charge in [-0.25, -0.2) is 9.37 Å². The number of hydrogen-bond donors (Lipinski definition) is 2. The molecule has 5 nitrogen and oxygen atoms in total. The van der Waals surface area contributed by atoms with Crippen LogP contribution < -0.4 is 11.1 Å². The third-order valence-electron chi connectivity index (χ3n) is 3.84. The van der Waals surface area contributed by atoms with Crippen molar-refractivity contribution < 1.29 is 9.18 Å². The topological polar surface area (TPSA) is 72.9 Å². The zero-order valence-electron chi connectivity index (χ0n) is 12.3. The summed E-state index contributed by atoms with van der Waals surface area (Å²) in [6.07, 6.45) is 7.13. The molecular weight excluding hydrogens is 342 g/mol. The fraction of sp³-hybridized carbons (Fsp3) is 0.333. The molecule has 1 aliphatic carbocycles. The highest BCUT2D eigenvalue weighted by Crippen LogP contribution is 2.26. The van der Waals surface area contributed by atoms with Crippen LogP contribution >= 0.6 is 24.8 Å². The second kappa shape index (κ2) is 8.29. The van der Waals surface area contributed by atoms with E-state index in [2.05, 4.69) is 10.3 Å². The minimum atomic E-state index is -0.408. The Morgan fingerprint density at radius 2 is 2.13 bits per heavy atom. The highest BCUT2D eigenvalue weighted by molar-refractivity contribution is 5.92. The van der Waals surface area contributed by atoms with Gasteiger partial charge in [-0.05, 0) is 37.5 Å². The number of aromatic nitrogens is 2. The number of imidazole rings is 1. The molecule has 3 N–H and O–H groups in total. The molecule has 2 unspecified atom stereocenters. The molecule has 0 aliphatic heterocycles. The van der Waals surface area contributed by atoms with E-state index in [1.54, 1.807) is 29.1 Å². The van der Waals surface area contributed by atoms with Crippen LogP contribution in [0, 0.1) is 11.7 Å². The molecule has 8 heteroatoms. The standard InChI is InChI=1S/C15H17FN4O.2ClH/c16-13-8-12(3-4-14(13)20-6-5-18-9-20)19-15(21)10-1-2-11(17)7-10;;/h3-6,8-11H,1-2,7,17H2,(H,19,21);2*1H. The van der Waals surface area contributed by atoms with E-state index >= 15 is 0 Å². The molecule has 0 spiro atoms. The molecule has 23 heavy (non-hydrogen) atoms. The number of nitrogens with zero attached hydrogens (tertiary/aromatic N) is 2. The second-order valence-corrected chi connectivity index (χ2v) is 5.40. The molecule has 1 aromatic carbocycles. The summed E-state index contributed by atoms with van der Waals surface area (Å²) in [7, 11) is 0. The summed E-state index contributed by atoms with van der Waals surface area (Å²) in [5.74, 6) is -0.567. The van der Waals surface area contributed by atoms with Gasteiger partial charge < -0.3 is 15.6 Å². The number of benzene rings is 1. The van der Waals surface area contributed by atoms with Gasteiger partial charge in [0.2, 0.25) is 5.91 Å².